The zero-order valence-corrected chi connectivity index (χ0v) is 6.47. The fourth-order valence-corrected chi connectivity index (χ4v) is 0.809. The van der Waals surface area contributed by atoms with E-state index in [-0.39, 0.29) is 0 Å². The summed E-state index contributed by atoms with van der Waals surface area (Å²) in [6, 6.07) is 7.55. The lowest BCUT2D eigenvalue weighted by atomic mass is 10.2. The molecule has 0 aliphatic heterocycles. The molecule has 1 rings (SSSR count). The molecule has 0 unspecified atom stereocenters. The summed E-state index contributed by atoms with van der Waals surface area (Å²) in [7, 11) is 0. The van der Waals surface area contributed by atoms with E-state index in [1.807, 2.05) is 24.3 Å². The van der Waals surface area contributed by atoms with E-state index in [4.69, 9.17) is 4.74 Å². The van der Waals surface area contributed by atoms with Crippen molar-refractivity contribution in [2.24, 2.45) is 0 Å². The van der Waals surface area contributed by atoms with Crippen LogP contribution in [0.15, 0.2) is 24.3 Å². The summed E-state index contributed by atoms with van der Waals surface area (Å²) in [6.45, 7) is 3.75. The molecule has 0 heterocycles. The number of rotatable bonds is 2. The highest BCUT2D eigenvalue weighted by molar-refractivity contribution is 7.80. The lowest BCUT2D eigenvalue weighted by Gasteiger charge is -2.00. The van der Waals surface area contributed by atoms with Gasteiger partial charge >= 0.3 is 0 Å². The Morgan fingerprint density at radius 3 is 2.40 bits per heavy atom. The minimum absolute atomic E-state index is 0.413. The number of ether oxygens (including phenoxy) is 1. The number of hydrogen-bond acceptors (Lipinski definition) is 2. The summed E-state index contributed by atoms with van der Waals surface area (Å²) in [5.41, 5.74) is 0.992. The van der Waals surface area contributed by atoms with Crippen molar-refractivity contribution < 1.29 is 4.74 Å². The van der Waals surface area contributed by atoms with E-state index in [0.29, 0.717) is 5.94 Å². The molecule has 53 valence electrons. The second-order valence-corrected chi connectivity index (χ2v) is 2.18. The summed E-state index contributed by atoms with van der Waals surface area (Å²) in [6.07, 6.45) is 0. The molecule has 1 radical (unpaired) electrons. The zero-order chi connectivity index (χ0) is 7.40. The van der Waals surface area contributed by atoms with E-state index in [1.54, 1.807) is 0 Å². The Balaban J connectivity index is 2.69. The number of benzene rings is 1. The first kappa shape index (κ1) is 7.48. The average Bonchev–Trinajstić information content (AvgIpc) is 1.95. The summed E-state index contributed by atoms with van der Waals surface area (Å²) < 4.78 is 5.10. The van der Waals surface area contributed by atoms with Crippen LogP contribution in [-0.4, -0.2) is 5.94 Å². The molecule has 0 saturated heterocycles. The van der Waals surface area contributed by atoms with E-state index in [0.717, 1.165) is 11.3 Å². The molecule has 0 amide bonds. The molecule has 0 bridgehead atoms. The van der Waals surface area contributed by atoms with Gasteiger partial charge < -0.3 is 4.74 Å². The van der Waals surface area contributed by atoms with Crippen LogP contribution in [-0.2, 0) is 0 Å². The van der Waals surface area contributed by atoms with E-state index in [9.17, 15) is 0 Å². The summed E-state index contributed by atoms with van der Waals surface area (Å²) in [5, 5.41) is 0. The Bertz CT molecular complexity index is 193. The quantitative estimate of drug-likeness (QED) is 0.506. The van der Waals surface area contributed by atoms with Gasteiger partial charge in [-0.15, -0.1) is 12.6 Å². The molecule has 10 heavy (non-hydrogen) atoms. The lowest BCUT2D eigenvalue weighted by molar-refractivity contribution is 0.394. The fraction of sp³-hybridized carbons (Fsp3) is 0.125. The van der Waals surface area contributed by atoms with Crippen LogP contribution in [0.3, 0.4) is 0 Å². The molecule has 1 aromatic rings. The highest BCUT2D eigenvalue weighted by atomic mass is 32.1. The van der Waals surface area contributed by atoms with E-state index >= 15 is 0 Å². The van der Waals surface area contributed by atoms with Crippen LogP contribution in [0.25, 0.3) is 0 Å². The monoisotopic (exact) mass is 153 g/mol. The molecule has 0 fully saturated rings. The molecule has 1 nitrogen and oxygen atoms in total. The van der Waals surface area contributed by atoms with Gasteiger partial charge in [-0.3, -0.25) is 0 Å². The van der Waals surface area contributed by atoms with Crippen molar-refractivity contribution >= 4 is 12.6 Å². The van der Waals surface area contributed by atoms with E-state index in [2.05, 4.69) is 19.6 Å². The van der Waals surface area contributed by atoms with Gasteiger partial charge in [0.05, 0.1) is 0 Å². The third kappa shape index (κ3) is 1.95. The van der Waals surface area contributed by atoms with Crippen LogP contribution >= 0.6 is 12.6 Å². The molecule has 0 aliphatic rings. The van der Waals surface area contributed by atoms with Crippen LogP contribution < -0.4 is 4.74 Å². The Morgan fingerprint density at radius 1 is 1.30 bits per heavy atom. The predicted molar refractivity (Wildman–Crippen MR) is 45.4 cm³/mol. The molecule has 0 atom stereocenters. The van der Waals surface area contributed by atoms with Crippen LogP contribution in [0.1, 0.15) is 5.56 Å². The van der Waals surface area contributed by atoms with Crippen LogP contribution in [0.2, 0.25) is 0 Å². The second kappa shape index (κ2) is 3.52. The van der Waals surface area contributed by atoms with Crippen molar-refractivity contribution in [3.8, 4) is 5.75 Å². The molecule has 1 aromatic carbocycles. The van der Waals surface area contributed by atoms with Crippen molar-refractivity contribution in [2.75, 3.05) is 5.94 Å². The molecular weight excluding hydrogens is 144 g/mol. The van der Waals surface area contributed by atoms with Crippen LogP contribution in [0.4, 0.5) is 0 Å². The van der Waals surface area contributed by atoms with Crippen molar-refractivity contribution in [1.29, 1.82) is 0 Å². The molecule has 0 spiro atoms. The van der Waals surface area contributed by atoms with Gasteiger partial charge in [0.25, 0.3) is 0 Å². The minimum atomic E-state index is 0.413. The first-order valence-electron chi connectivity index (χ1n) is 2.98. The largest absolute Gasteiger partial charge is 0.483 e. The smallest absolute Gasteiger partial charge is 0.131 e. The standard InChI is InChI=1S/C8H9OS/c1-7-2-4-8(5-3-7)9-6-10/h2-5,10H,1,6H2. The van der Waals surface area contributed by atoms with Gasteiger partial charge in [0.2, 0.25) is 0 Å². The SMILES string of the molecule is [CH2]c1ccc(OCS)cc1. The zero-order valence-electron chi connectivity index (χ0n) is 5.58. The predicted octanol–water partition coefficient (Wildman–Crippen LogP) is 2.13. The summed E-state index contributed by atoms with van der Waals surface area (Å²) in [4.78, 5) is 0. The molecule has 0 N–H and O–H groups in total. The Hall–Kier alpha value is -0.630. The van der Waals surface area contributed by atoms with Gasteiger partial charge in [0.1, 0.15) is 11.7 Å². The van der Waals surface area contributed by atoms with Crippen molar-refractivity contribution in [2.45, 2.75) is 0 Å². The molecular formula is C8H9OS. The second-order valence-electron chi connectivity index (χ2n) is 1.92. The van der Waals surface area contributed by atoms with Gasteiger partial charge in [-0.05, 0) is 24.6 Å². The van der Waals surface area contributed by atoms with Gasteiger partial charge in [-0.2, -0.15) is 0 Å². The van der Waals surface area contributed by atoms with Gasteiger partial charge in [-0.1, -0.05) is 12.1 Å². The third-order valence-electron chi connectivity index (χ3n) is 1.15. The highest BCUT2D eigenvalue weighted by Gasteiger charge is 1.88. The maximum atomic E-state index is 5.10. The minimum Gasteiger partial charge on any atom is -0.483 e. The maximum absolute atomic E-state index is 5.10. The summed E-state index contributed by atoms with van der Waals surface area (Å²) in [5.74, 6) is 1.25. The van der Waals surface area contributed by atoms with Crippen molar-refractivity contribution in [3.05, 3.63) is 36.8 Å². The van der Waals surface area contributed by atoms with Crippen molar-refractivity contribution in [3.63, 3.8) is 0 Å². The van der Waals surface area contributed by atoms with Crippen LogP contribution in [0, 0.1) is 6.92 Å². The average molecular weight is 153 g/mol. The Labute approximate surface area is 66.4 Å². The van der Waals surface area contributed by atoms with Crippen molar-refractivity contribution in [1.82, 2.24) is 0 Å². The van der Waals surface area contributed by atoms with Gasteiger partial charge in [-0.25, -0.2) is 0 Å². The Morgan fingerprint density at radius 2 is 1.90 bits per heavy atom. The van der Waals surface area contributed by atoms with Gasteiger partial charge in [0.15, 0.2) is 0 Å². The topological polar surface area (TPSA) is 9.23 Å². The normalized spacial score (nSPS) is 9.40. The van der Waals surface area contributed by atoms with E-state index in [1.165, 1.54) is 0 Å². The number of hydrogen-bond donors (Lipinski definition) is 1. The number of thiol groups is 1. The highest BCUT2D eigenvalue weighted by Crippen LogP contribution is 2.10. The van der Waals surface area contributed by atoms with E-state index < -0.39 is 0 Å². The van der Waals surface area contributed by atoms with Crippen LogP contribution in [0.5, 0.6) is 5.75 Å². The Kier molecular flexibility index (Phi) is 2.63. The third-order valence-corrected chi connectivity index (χ3v) is 1.28. The first-order valence-corrected chi connectivity index (χ1v) is 3.62. The summed E-state index contributed by atoms with van der Waals surface area (Å²) >= 11 is 3.92. The fourth-order valence-electron chi connectivity index (χ4n) is 0.660. The maximum Gasteiger partial charge on any atom is 0.131 e. The lowest BCUT2D eigenvalue weighted by Crippen LogP contribution is -1.87. The molecule has 2 heteroatoms. The van der Waals surface area contributed by atoms with Gasteiger partial charge in [0, 0.05) is 0 Å². The molecule has 0 saturated carbocycles. The first-order chi connectivity index (χ1) is 4.83. The molecule has 0 aromatic heterocycles. The molecule has 0 aliphatic carbocycles.